The first kappa shape index (κ1) is 17.1. The Kier molecular flexibility index (Phi) is 7.52. The predicted octanol–water partition coefficient (Wildman–Crippen LogP) is 3.28. The highest BCUT2D eigenvalue weighted by atomic mass is 79.9. The van der Waals surface area contributed by atoms with Gasteiger partial charge in [-0.3, -0.25) is 4.79 Å². The van der Waals surface area contributed by atoms with Crippen LogP contribution in [0.1, 0.15) is 19.8 Å². The SMILES string of the molecule is CCCC(OC(=O)C(Br)CBr)(N(F)F)N(F)F. The van der Waals surface area contributed by atoms with Gasteiger partial charge in [0.25, 0.3) is 0 Å². The number of rotatable bonds is 7. The zero-order valence-corrected chi connectivity index (χ0v) is 11.8. The van der Waals surface area contributed by atoms with Crippen molar-refractivity contribution in [2.75, 3.05) is 5.33 Å². The highest BCUT2D eigenvalue weighted by Gasteiger charge is 2.51. The Morgan fingerprint density at radius 3 is 2.12 bits per heavy atom. The fraction of sp³-hybridized carbons (Fsp3) is 0.857. The summed E-state index contributed by atoms with van der Waals surface area (Å²) in [6, 6.07) is 0. The Morgan fingerprint density at radius 1 is 1.35 bits per heavy atom. The molecule has 0 fully saturated rings. The summed E-state index contributed by atoms with van der Waals surface area (Å²) in [7, 11) is 0. The number of esters is 1. The third-order valence-corrected chi connectivity index (χ3v) is 3.97. The Hall–Kier alpha value is 0.0700. The first-order valence-corrected chi connectivity index (χ1v) is 6.52. The number of ether oxygens (including phenoxy) is 1. The van der Waals surface area contributed by atoms with Gasteiger partial charge in [-0.25, -0.2) is 0 Å². The highest BCUT2D eigenvalue weighted by Crippen LogP contribution is 2.31. The van der Waals surface area contributed by atoms with Crippen molar-refractivity contribution < 1.29 is 27.5 Å². The van der Waals surface area contributed by atoms with Gasteiger partial charge in [0.15, 0.2) is 0 Å². The molecule has 0 amide bonds. The maximum absolute atomic E-state index is 12.5. The molecule has 0 aliphatic rings. The van der Waals surface area contributed by atoms with Crippen molar-refractivity contribution >= 4 is 37.8 Å². The minimum absolute atomic E-state index is 0.0246. The highest BCUT2D eigenvalue weighted by molar-refractivity contribution is 9.12. The van der Waals surface area contributed by atoms with Gasteiger partial charge in [0.2, 0.25) is 0 Å². The molecule has 0 saturated carbocycles. The van der Waals surface area contributed by atoms with Crippen LogP contribution in [-0.4, -0.2) is 32.7 Å². The lowest BCUT2D eigenvalue weighted by molar-refractivity contribution is -0.445. The summed E-state index contributed by atoms with van der Waals surface area (Å²) in [5.41, 5.74) is 0. The van der Waals surface area contributed by atoms with Crippen LogP contribution in [0.25, 0.3) is 0 Å². The van der Waals surface area contributed by atoms with Crippen LogP contribution in [0.3, 0.4) is 0 Å². The molecule has 0 saturated heterocycles. The molecule has 0 rings (SSSR count). The molecule has 102 valence electrons. The van der Waals surface area contributed by atoms with Gasteiger partial charge >= 0.3 is 11.8 Å². The second kappa shape index (κ2) is 7.49. The second-order valence-corrected chi connectivity index (χ2v) is 4.75. The lowest BCUT2D eigenvalue weighted by Crippen LogP contribution is -2.53. The van der Waals surface area contributed by atoms with Crippen molar-refractivity contribution in [1.82, 2.24) is 10.7 Å². The van der Waals surface area contributed by atoms with Crippen LogP contribution in [0.4, 0.5) is 17.9 Å². The Balaban J connectivity index is 4.97. The van der Waals surface area contributed by atoms with Crippen LogP contribution in [0.5, 0.6) is 0 Å². The molecule has 0 spiro atoms. The molecule has 17 heavy (non-hydrogen) atoms. The average molecular weight is 390 g/mol. The normalized spacial score (nSPS) is 14.2. The van der Waals surface area contributed by atoms with Gasteiger partial charge in [0, 0.05) is 11.8 Å². The standard InChI is InChI=1S/C7H10Br2F4N2O2/c1-2-3-7(14(10)11,15(12)13)17-6(16)5(9)4-8/h5H,2-4H2,1H3. The molecular formula is C7H10Br2F4N2O2. The molecule has 0 aromatic carbocycles. The van der Waals surface area contributed by atoms with Gasteiger partial charge in [0.1, 0.15) is 4.83 Å². The van der Waals surface area contributed by atoms with E-state index in [1.807, 2.05) is 0 Å². The Labute approximate surface area is 112 Å². The molecule has 1 atom stereocenters. The summed E-state index contributed by atoms with van der Waals surface area (Å²) in [5.74, 6) is -4.56. The fourth-order valence-corrected chi connectivity index (χ4v) is 1.32. The van der Waals surface area contributed by atoms with Crippen molar-refractivity contribution in [2.24, 2.45) is 0 Å². The molecule has 0 radical (unpaired) electrons. The quantitative estimate of drug-likeness (QED) is 0.220. The molecule has 0 aliphatic carbocycles. The van der Waals surface area contributed by atoms with Crippen molar-refractivity contribution in [2.45, 2.75) is 30.4 Å². The molecule has 0 heterocycles. The largest absolute Gasteiger partial charge is 0.419 e. The maximum Gasteiger partial charge on any atom is 0.335 e. The second-order valence-electron chi connectivity index (χ2n) is 3.00. The van der Waals surface area contributed by atoms with Crippen molar-refractivity contribution in [1.29, 1.82) is 0 Å². The van der Waals surface area contributed by atoms with Crippen molar-refractivity contribution in [3.8, 4) is 0 Å². The summed E-state index contributed by atoms with van der Waals surface area (Å²) in [5, 5.41) is -3.59. The van der Waals surface area contributed by atoms with Crippen LogP contribution in [0.15, 0.2) is 0 Å². The van der Waals surface area contributed by atoms with Gasteiger partial charge in [-0.05, 0) is 6.42 Å². The third-order valence-electron chi connectivity index (χ3n) is 1.76. The van der Waals surface area contributed by atoms with E-state index in [0.717, 1.165) is 0 Å². The molecule has 0 N–H and O–H groups in total. The van der Waals surface area contributed by atoms with E-state index in [2.05, 4.69) is 36.6 Å². The van der Waals surface area contributed by atoms with E-state index < -0.39 is 33.8 Å². The number of carbonyl (C=O) groups is 1. The van der Waals surface area contributed by atoms with Gasteiger partial charge in [-0.15, -0.1) is 0 Å². The summed E-state index contributed by atoms with van der Waals surface area (Å²) < 4.78 is 54.3. The van der Waals surface area contributed by atoms with E-state index in [0.29, 0.717) is 0 Å². The zero-order valence-electron chi connectivity index (χ0n) is 8.68. The number of halogens is 6. The van der Waals surface area contributed by atoms with Crippen LogP contribution in [0.2, 0.25) is 0 Å². The summed E-state index contributed by atoms with van der Waals surface area (Å²) in [6.07, 6.45) is -0.760. The summed E-state index contributed by atoms with van der Waals surface area (Å²) >= 11 is 5.68. The van der Waals surface area contributed by atoms with Crippen LogP contribution >= 0.6 is 31.9 Å². The summed E-state index contributed by atoms with van der Waals surface area (Å²) in [4.78, 5) is 10.3. The molecule has 0 aromatic heterocycles. The van der Waals surface area contributed by atoms with Crippen molar-refractivity contribution in [3.63, 3.8) is 0 Å². The molecule has 0 aliphatic heterocycles. The first-order valence-electron chi connectivity index (χ1n) is 4.48. The van der Waals surface area contributed by atoms with E-state index in [1.54, 1.807) is 0 Å². The molecule has 0 aromatic rings. The van der Waals surface area contributed by atoms with Gasteiger partial charge in [-0.2, -0.15) is 0 Å². The number of hydrogen-bond donors (Lipinski definition) is 0. The number of alkyl halides is 2. The van der Waals surface area contributed by atoms with Crippen LogP contribution in [-0.2, 0) is 9.53 Å². The Morgan fingerprint density at radius 2 is 1.82 bits per heavy atom. The number of nitrogens with zero attached hydrogens (tertiary/aromatic N) is 2. The van der Waals surface area contributed by atoms with E-state index in [1.165, 1.54) is 6.92 Å². The molecule has 1 unspecified atom stereocenters. The lowest BCUT2D eigenvalue weighted by Gasteiger charge is -2.31. The lowest BCUT2D eigenvalue weighted by atomic mass is 10.2. The summed E-state index contributed by atoms with van der Waals surface area (Å²) in [6.45, 7) is 1.41. The molecule has 0 bridgehead atoms. The predicted molar refractivity (Wildman–Crippen MR) is 58.4 cm³/mol. The Bertz CT molecular complexity index is 250. The monoisotopic (exact) mass is 388 g/mol. The molecular weight excluding hydrogens is 380 g/mol. The number of hydrogen-bond acceptors (Lipinski definition) is 4. The van der Waals surface area contributed by atoms with Gasteiger partial charge in [0.05, 0.1) is 10.7 Å². The fourth-order valence-electron chi connectivity index (χ4n) is 0.960. The van der Waals surface area contributed by atoms with Gasteiger partial charge < -0.3 is 4.74 Å². The molecule has 4 nitrogen and oxygen atoms in total. The van der Waals surface area contributed by atoms with Gasteiger partial charge in [-0.1, -0.05) is 56.7 Å². The van der Waals surface area contributed by atoms with Crippen LogP contribution < -0.4 is 0 Å². The zero-order chi connectivity index (χ0) is 13.6. The topological polar surface area (TPSA) is 32.8 Å². The smallest absolute Gasteiger partial charge is 0.335 e. The van der Waals surface area contributed by atoms with E-state index >= 15 is 0 Å². The average Bonchev–Trinajstić information content (AvgIpc) is 2.26. The first-order chi connectivity index (χ1) is 7.81. The minimum Gasteiger partial charge on any atom is -0.419 e. The molecule has 10 heteroatoms. The number of carbonyl (C=O) groups excluding carboxylic acids is 1. The minimum atomic E-state index is -3.35. The van der Waals surface area contributed by atoms with Crippen molar-refractivity contribution in [3.05, 3.63) is 0 Å². The van der Waals surface area contributed by atoms with E-state index in [9.17, 15) is 22.7 Å². The maximum atomic E-state index is 12.5. The third kappa shape index (κ3) is 4.34. The van der Waals surface area contributed by atoms with E-state index in [-0.39, 0.29) is 11.8 Å². The van der Waals surface area contributed by atoms with E-state index in [4.69, 9.17) is 0 Å². The van der Waals surface area contributed by atoms with Crippen LogP contribution in [0, 0.1) is 0 Å².